The zero-order valence-electron chi connectivity index (χ0n) is 11.4. The maximum absolute atomic E-state index is 11.4. The average Bonchev–Trinajstić information content (AvgIpc) is 3.10. The fraction of sp³-hybridized carbons (Fsp3) is 0.0667. The van der Waals surface area contributed by atoms with Crippen molar-refractivity contribution in [3.05, 3.63) is 41.0 Å². The molecule has 0 saturated heterocycles. The van der Waals surface area contributed by atoms with Gasteiger partial charge in [0, 0.05) is 18.5 Å². The average molecular weight is 329 g/mol. The normalized spacial score (nSPS) is 11.4. The van der Waals surface area contributed by atoms with Crippen molar-refractivity contribution >= 4 is 50.8 Å². The minimum absolute atomic E-state index is 0.130. The molecule has 1 aromatic carbocycles. The Hall–Kier alpha value is -2.31. The Balaban J connectivity index is 1.91. The molecule has 3 aromatic heterocycles. The van der Waals surface area contributed by atoms with E-state index in [9.17, 15) is 4.79 Å². The first kappa shape index (κ1) is 13.4. The van der Waals surface area contributed by atoms with Crippen molar-refractivity contribution in [1.82, 2.24) is 19.7 Å². The van der Waals surface area contributed by atoms with Crippen molar-refractivity contribution < 1.29 is 4.79 Å². The minimum Gasteiger partial charge on any atom is -0.273 e. The third-order valence-corrected chi connectivity index (χ3v) is 4.57. The van der Waals surface area contributed by atoms with Crippen LogP contribution in [0.4, 0.5) is 0 Å². The molecule has 0 amide bonds. The molecule has 7 heteroatoms. The number of carbonyl (C=O) groups excluding carboxylic acids is 1. The second-order valence-electron chi connectivity index (χ2n) is 4.85. The van der Waals surface area contributed by atoms with Gasteiger partial charge in [0.1, 0.15) is 0 Å². The monoisotopic (exact) mass is 328 g/mol. The van der Waals surface area contributed by atoms with Crippen LogP contribution in [0.1, 0.15) is 11.7 Å². The smallest absolute Gasteiger partial charge is 0.243 e. The van der Waals surface area contributed by atoms with Gasteiger partial charge in [0.15, 0.2) is 0 Å². The summed E-state index contributed by atoms with van der Waals surface area (Å²) in [6.45, 7) is 1.47. The van der Waals surface area contributed by atoms with E-state index in [2.05, 4.69) is 15.1 Å². The second kappa shape index (κ2) is 4.86. The van der Waals surface area contributed by atoms with E-state index in [-0.39, 0.29) is 5.91 Å². The van der Waals surface area contributed by atoms with Crippen LogP contribution in [0.3, 0.4) is 0 Å². The van der Waals surface area contributed by atoms with Crippen LogP contribution in [0.5, 0.6) is 0 Å². The molecule has 108 valence electrons. The topological polar surface area (TPSA) is 60.7 Å². The summed E-state index contributed by atoms with van der Waals surface area (Å²) in [5.41, 5.74) is 3.00. The summed E-state index contributed by atoms with van der Waals surface area (Å²) >= 11 is 7.42. The largest absolute Gasteiger partial charge is 0.273 e. The number of thiophene rings is 1. The zero-order valence-corrected chi connectivity index (χ0v) is 13.0. The molecule has 4 aromatic rings. The van der Waals surface area contributed by atoms with Crippen LogP contribution in [0.25, 0.3) is 32.5 Å². The molecule has 0 aliphatic carbocycles. The van der Waals surface area contributed by atoms with Gasteiger partial charge in [-0.3, -0.25) is 9.78 Å². The fourth-order valence-electron chi connectivity index (χ4n) is 2.26. The lowest BCUT2D eigenvalue weighted by molar-refractivity contribution is 0.0922. The summed E-state index contributed by atoms with van der Waals surface area (Å²) in [6.07, 6.45) is 3.43. The predicted molar refractivity (Wildman–Crippen MR) is 87.5 cm³/mol. The Morgan fingerprint density at radius 1 is 1.23 bits per heavy atom. The van der Waals surface area contributed by atoms with Gasteiger partial charge in [0.05, 0.1) is 37.7 Å². The van der Waals surface area contributed by atoms with Crippen molar-refractivity contribution in [3.8, 4) is 10.6 Å². The highest BCUT2D eigenvalue weighted by molar-refractivity contribution is 7.19. The van der Waals surface area contributed by atoms with Gasteiger partial charge in [0.2, 0.25) is 5.91 Å². The number of halogens is 1. The molecule has 5 nitrogen and oxygen atoms in total. The van der Waals surface area contributed by atoms with Crippen LogP contribution >= 0.6 is 22.9 Å². The summed E-state index contributed by atoms with van der Waals surface area (Å²) in [5.74, 6) is -0.130. The molecule has 0 aliphatic rings. The SMILES string of the molecule is CC(=O)n1cc2cc3ncc(-c4ccc(Cl)s4)nc3cc2n1. The molecule has 0 fully saturated rings. The van der Waals surface area contributed by atoms with Crippen LogP contribution < -0.4 is 0 Å². The summed E-state index contributed by atoms with van der Waals surface area (Å²) in [4.78, 5) is 21.4. The lowest BCUT2D eigenvalue weighted by Gasteiger charge is -2.00. The highest BCUT2D eigenvalue weighted by atomic mass is 35.5. The Morgan fingerprint density at radius 2 is 2.09 bits per heavy atom. The van der Waals surface area contributed by atoms with Crippen LogP contribution in [0.2, 0.25) is 4.34 Å². The van der Waals surface area contributed by atoms with Crippen LogP contribution in [-0.4, -0.2) is 25.7 Å². The predicted octanol–water partition coefficient (Wildman–Crippen LogP) is 4.02. The van der Waals surface area contributed by atoms with Crippen LogP contribution in [0, 0.1) is 0 Å². The molecule has 0 aliphatic heterocycles. The summed E-state index contributed by atoms with van der Waals surface area (Å²) in [6, 6.07) is 7.49. The minimum atomic E-state index is -0.130. The molecular weight excluding hydrogens is 320 g/mol. The van der Waals surface area contributed by atoms with Crippen molar-refractivity contribution in [3.63, 3.8) is 0 Å². The Kier molecular flexibility index (Phi) is 2.95. The lowest BCUT2D eigenvalue weighted by atomic mass is 10.2. The number of benzene rings is 1. The Morgan fingerprint density at radius 3 is 2.82 bits per heavy atom. The fourth-order valence-corrected chi connectivity index (χ4v) is 3.26. The number of fused-ring (bicyclic) bond motifs is 2. The molecular formula is C15H9ClN4OS. The van der Waals surface area contributed by atoms with Crippen molar-refractivity contribution in [2.75, 3.05) is 0 Å². The van der Waals surface area contributed by atoms with Gasteiger partial charge in [-0.05, 0) is 24.3 Å². The highest BCUT2D eigenvalue weighted by Crippen LogP contribution is 2.30. The van der Waals surface area contributed by atoms with E-state index in [1.165, 1.54) is 22.9 Å². The molecule has 0 spiro atoms. The highest BCUT2D eigenvalue weighted by Gasteiger charge is 2.09. The third kappa shape index (κ3) is 2.17. The van der Waals surface area contributed by atoms with Gasteiger partial charge in [-0.25, -0.2) is 9.67 Å². The van der Waals surface area contributed by atoms with Crippen molar-refractivity contribution in [2.24, 2.45) is 0 Å². The molecule has 0 bridgehead atoms. The van der Waals surface area contributed by atoms with Crippen LogP contribution in [0.15, 0.2) is 36.7 Å². The number of hydrogen-bond donors (Lipinski definition) is 0. The second-order valence-corrected chi connectivity index (χ2v) is 6.57. The molecule has 0 saturated carbocycles. The number of hydrogen-bond acceptors (Lipinski definition) is 5. The first-order chi connectivity index (χ1) is 10.6. The third-order valence-electron chi connectivity index (χ3n) is 3.32. The maximum atomic E-state index is 11.4. The summed E-state index contributed by atoms with van der Waals surface area (Å²) in [7, 11) is 0. The number of aromatic nitrogens is 4. The van der Waals surface area contributed by atoms with Gasteiger partial charge >= 0.3 is 0 Å². The van der Waals surface area contributed by atoms with E-state index in [0.29, 0.717) is 4.34 Å². The molecule has 0 N–H and O–H groups in total. The van der Waals surface area contributed by atoms with E-state index >= 15 is 0 Å². The maximum Gasteiger partial charge on any atom is 0.243 e. The van der Waals surface area contributed by atoms with Crippen molar-refractivity contribution in [1.29, 1.82) is 0 Å². The van der Waals surface area contributed by atoms with E-state index in [1.807, 2.05) is 24.3 Å². The summed E-state index contributed by atoms with van der Waals surface area (Å²) in [5, 5.41) is 5.11. The zero-order chi connectivity index (χ0) is 15.3. The molecule has 0 radical (unpaired) electrons. The Labute approximate surface area is 134 Å². The quantitative estimate of drug-likeness (QED) is 0.529. The number of carbonyl (C=O) groups is 1. The van der Waals surface area contributed by atoms with E-state index in [0.717, 1.165) is 32.5 Å². The van der Waals surface area contributed by atoms with Gasteiger partial charge in [-0.1, -0.05) is 11.6 Å². The number of rotatable bonds is 1. The van der Waals surface area contributed by atoms with Gasteiger partial charge in [-0.2, -0.15) is 5.10 Å². The summed E-state index contributed by atoms with van der Waals surface area (Å²) < 4.78 is 2.04. The first-order valence-electron chi connectivity index (χ1n) is 6.53. The van der Waals surface area contributed by atoms with Crippen molar-refractivity contribution in [2.45, 2.75) is 6.92 Å². The first-order valence-corrected chi connectivity index (χ1v) is 7.72. The van der Waals surface area contributed by atoms with Crippen LogP contribution in [-0.2, 0) is 0 Å². The molecule has 0 unspecified atom stereocenters. The standard InChI is InChI=1S/C15H9ClN4OS/c1-8(21)20-7-9-4-11-12(5-10(9)19-20)18-13(6-17-11)14-2-3-15(16)22-14/h2-7H,1H3. The van der Waals surface area contributed by atoms with E-state index in [1.54, 1.807) is 12.4 Å². The van der Waals surface area contributed by atoms with E-state index < -0.39 is 0 Å². The molecule has 22 heavy (non-hydrogen) atoms. The molecule has 0 atom stereocenters. The van der Waals surface area contributed by atoms with Gasteiger partial charge in [0.25, 0.3) is 0 Å². The molecule has 4 rings (SSSR count). The Bertz CT molecular complexity index is 1040. The van der Waals surface area contributed by atoms with Gasteiger partial charge in [-0.15, -0.1) is 11.3 Å². The van der Waals surface area contributed by atoms with Gasteiger partial charge < -0.3 is 0 Å². The van der Waals surface area contributed by atoms with E-state index in [4.69, 9.17) is 11.6 Å². The number of nitrogens with zero attached hydrogens (tertiary/aromatic N) is 4. The molecule has 3 heterocycles. The lowest BCUT2D eigenvalue weighted by Crippen LogP contribution is -2.04.